The molecule has 0 heterocycles. The Hall–Kier alpha value is -1.06. The first-order chi connectivity index (χ1) is 7.70. The summed E-state index contributed by atoms with van der Waals surface area (Å²) in [6.45, 7) is 7.82. The van der Waals surface area contributed by atoms with Crippen LogP contribution >= 0.6 is 11.6 Å². The van der Waals surface area contributed by atoms with Crippen LogP contribution in [0.3, 0.4) is 0 Å². The average Bonchev–Trinajstić information content (AvgIpc) is 2.18. The third kappa shape index (κ3) is 4.02. The van der Waals surface area contributed by atoms with E-state index < -0.39 is 0 Å². The van der Waals surface area contributed by atoms with E-state index in [0.717, 1.165) is 0 Å². The molecule has 3 nitrogen and oxygen atoms in total. The third-order valence-corrected chi connectivity index (χ3v) is 2.58. The lowest BCUT2D eigenvalue weighted by molar-refractivity contribution is 0.0936. The number of rotatable bonds is 3. The maximum atomic E-state index is 12.1. The number of hydrogen-bond acceptors (Lipinski definition) is 3. The van der Waals surface area contributed by atoms with Gasteiger partial charge in [-0.25, -0.2) is 0 Å². The molecule has 0 aliphatic rings. The molecule has 1 aromatic rings. The van der Waals surface area contributed by atoms with E-state index in [0.29, 0.717) is 5.56 Å². The standard InChI is InChI=1S/C13H18ClNO2/c1-8(15-13(2,3)4)12(17)9-5-6-11(16)10(14)7-9/h5-8,15-16H,1-4H3/t8-/m0/s1. The molecule has 0 aromatic heterocycles. The van der Waals surface area contributed by atoms with Crippen molar-refractivity contribution in [2.75, 3.05) is 0 Å². The first kappa shape index (κ1) is 14.0. The fraction of sp³-hybridized carbons (Fsp3) is 0.462. The monoisotopic (exact) mass is 255 g/mol. The molecule has 1 atom stereocenters. The van der Waals surface area contributed by atoms with Gasteiger partial charge in [-0.3, -0.25) is 4.79 Å². The van der Waals surface area contributed by atoms with Crippen molar-refractivity contribution in [2.45, 2.75) is 39.3 Å². The van der Waals surface area contributed by atoms with Gasteiger partial charge in [-0.2, -0.15) is 0 Å². The molecule has 1 rings (SSSR count). The third-order valence-electron chi connectivity index (χ3n) is 2.28. The van der Waals surface area contributed by atoms with Gasteiger partial charge in [0.2, 0.25) is 0 Å². The normalized spacial score (nSPS) is 13.5. The summed E-state index contributed by atoms with van der Waals surface area (Å²) in [5, 5.41) is 12.7. The van der Waals surface area contributed by atoms with Crippen LogP contribution in [0.5, 0.6) is 5.75 Å². The van der Waals surface area contributed by atoms with Crippen LogP contribution in [-0.2, 0) is 0 Å². The fourth-order valence-electron chi connectivity index (χ4n) is 1.63. The van der Waals surface area contributed by atoms with Crippen LogP contribution in [-0.4, -0.2) is 22.5 Å². The van der Waals surface area contributed by atoms with Crippen molar-refractivity contribution >= 4 is 17.4 Å². The highest BCUT2D eigenvalue weighted by atomic mass is 35.5. The number of nitrogens with one attached hydrogen (secondary N) is 1. The predicted octanol–water partition coefficient (Wildman–Crippen LogP) is 3.00. The molecule has 0 unspecified atom stereocenters. The number of phenolic OH excluding ortho intramolecular Hbond substituents is 1. The molecule has 94 valence electrons. The minimum absolute atomic E-state index is 0.0142. The van der Waals surface area contributed by atoms with Crippen LogP contribution < -0.4 is 5.32 Å². The molecule has 0 fully saturated rings. The van der Waals surface area contributed by atoms with E-state index in [1.165, 1.54) is 12.1 Å². The van der Waals surface area contributed by atoms with E-state index in [-0.39, 0.29) is 28.1 Å². The molecule has 4 heteroatoms. The number of carbonyl (C=O) groups excluding carboxylic acids is 1. The number of carbonyl (C=O) groups is 1. The molecular weight excluding hydrogens is 238 g/mol. The molecule has 2 N–H and O–H groups in total. The molecule has 0 saturated heterocycles. The smallest absolute Gasteiger partial charge is 0.179 e. The lowest BCUT2D eigenvalue weighted by Gasteiger charge is -2.25. The van der Waals surface area contributed by atoms with Gasteiger partial charge >= 0.3 is 0 Å². The van der Waals surface area contributed by atoms with Gasteiger partial charge in [0.1, 0.15) is 5.75 Å². The van der Waals surface area contributed by atoms with E-state index in [2.05, 4.69) is 5.32 Å². The summed E-state index contributed by atoms with van der Waals surface area (Å²) in [6, 6.07) is 4.19. The van der Waals surface area contributed by atoms with E-state index in [1.54, 1.807) is 6.07 Å². The number of ketones is 1. The number of Topliss-reactive ketones (excluding diaryl/α,β-unsaturated/α-hetero) is 1. The van der Waals surface area contributed by atoms with Gasteiger partial charge in [0.05, 0.1) is 11.1 Å². The Kier molecular flexibility index (Phi) is 4.17. The highest BCUT2D eigenvalue weighted by molar-refractivity contribution is 6.32. The molecule has 17 heavy (non-hydrogen) atoms. The largest absolute Gasteiger partial charge is 0.506 e. The van der Waals surface area contributed by atoms with Crippen LogP contribution in [0.2, 0.25) is 5.02 Å². The molecular formula is C13H18ClNO2. The maximum absolute atomic E-state index is 12.1. The minimum atomic E-state index is -0.296. The predicted molar refractivity (Wildman–Crippen MR) is 69.8 cm³/mol. The summed E-state index contributed by atoms with van der Waals surface area (Å²) >= 11 is 5.77. The highest BCUT2D eigenvalue weighted by Crippen LogP contribution is 2.24. The molecule has 0 spiro atoms. The fourth-order valence-corrected chi connectivity index (χ4v) is 1.81. The van der Waals surface area contributed by atoms with Crippen molar-refractivity contribution in [1.29, 1.82) is 0 Å². The molecule has 0 aliphatic heterocycles. The minimum Gasteiger partial charge on any atom is -0.506 e. The van der Waals surface area contributed by atoms with Crippen molar-refractivity contribution in [3.8, 4) is 5.75 Å². The average molecular weight is 256 g/mol. The van der Waals surface area contributed by atoms with Gasteiger partial charge in [-0.1, -0.05) is 11.6 Å². The van der Waals surface area contributed by atoms with Gasteiger partial charge in [0, 0.05) is 11.1 Å². The lowest BCUT2D eigenvalue weighted by Crippen LogP contribution is -2.46. The zero-order valence-electron chi connectivity index (χ0n) is 10.5. The number of phenols is 1. The van der Waals surface area contributed by atoms with Gasteiger partial charge in [0.25, 0.3) is 0 Å². The Morgan fingerprint density at radius 1 is 1.41 bits per heavy atom. The van der Waals surface area contributed by atoms with Crippen LogP contribution in [0, 0.1) is 0 Å². The Morgan fingerprint density at radius 3 is 2.47 bits per heavy atom. The topological polar surface area (TPSA) is 49.3 Å². The molecule has 0 aliphatic carbocycles. The first-order valence-electron chi connectivity index (χ1n) is 5.51. The summed E-state index contributed by atoms with van der Waals surface area (Å²) < 4.78 is 0. The molecule has 0 amide bonds. The van der Waals surface area contributed by atoms with E-state index >= 15 is 0 Å². The van der Waals surface area contributed by atoms with Crippen molar-refractivity contribution in [1.82, 2.24) is 5.32 Å². The second kappa shape index (κ2) is 5.07. The Balaban J connectivity index is 2.85. The van der Waals surface area contributed by atoms with Crippen molar-refractivity contribution in [3.05, 3.63) is 28.8 Å². The van der Waals surface area contributed by atoms with E-state index in [1.807, 2.05) is 27.7 Å². The number of hydrogen-bond donors (Lipinski definition) is 2. The van der Waals surface area contributed by atoms with E-state index in [9.17, 15) is 9.90 Å². The van der Waals surface area contributed by atoms with Crippen LogP contribution in [0.15, 0.2) is 18.2 Å². The van der Waals surface area contributed by atoms with Gasteiger partial charge in [0.15, 0.2) is 5.78 Å². The second-order valence-electron chi connectivity index (χ2n) is 5.15. The van der Waals surface area contributed by atoms with Crippen molar-refractivity contribution in [2.24, 2.45) is 0 Å². The molecule has 0 bridgehead atoms. The quantitative estimate of drug-likeness (QED) is 0.817. The zero-order chi connectivity index (χ0) is 13.2. The van der Waals surface area contributed by atoms with Gasteiger partial charge < -0.3 is 10.4 Å². The van der Waals surface area contributed by atoms with Crippen LogP contribution in [0.1, 0.15) is 38.1 Å². The van der Waals surface area contributed by atoms with Crippen LogP contribution in [0.4, 0.5) is 0 Å². The maximum Gasteiger partial charge on any atom is 0.179 e. The number of halogens is 1. The summed E-state index contributed by atoms with van der Waals surface area (Å²) in [5.41, 5.74) is 0.368. The molecule has 1 aromatic carbocycles. The summed E-state index contributed by atoms with van der Waals surface area (Å²) in [6.07, 6.45) is 0. The zero-order valence-corrected chi connectivity index (χ0v) is 11.3. The summed E-state index contributed by atoms with van der Waals surface area (Å²) in [4.78, 5) is 12.1. The lowest BCUT2D eigenvalue weighted by atomic mass is 10.0. The Morgan fingerprint density at radius 2 is 2.00 bits per heavy atom. The Bertz CT molecular complexity index is 424. The van der Waals surface area contributed by atoms with Gasteiger partial charge in [-0.15, -0.1) is 0 Å². The summed E-state index contributed by atoms with van der Waals surface area (Å²) in [7, 11) is 0. The number of benzene rings is 1. The second-order valence-corrected chi connectivity index (χ2v) is 5.55. The van der Waals surface area contributed by atoms with E-state index in [4.69, 9.17) is 11.6 Å². The van der Waals surface area contributed by atoms with Crippen LogP contribution in [0.25, 0.3) is 0 Å². The SMILES string of the molecule is C[C@H](NC(C)(C)C)C(=O)c1ccc(O)c(Cl)c1. The number of aromatic hydroxyl groups is 1. The molecule has 0 radical (unpaired) electrons. The molecule has 0 saturated carbocycles. The Labute approximate surface area is 107 Å². The first-order valence-corrected chi connectivity index (χ1v) is 5.89. The highest BCUT2D eigenvalue weighted by Gasteiger charge is 2.21. The van der Waals surface area contributed by atoms with Gasteiger partial charge in [-0.05, 0) is 45.9 Å². The van der Waals surface area contributed by atoms with Crippen molar-refractivity contribution in [3.63, 3.8) is 0 Å². The van der Waals surface area contributed by atoms with Crippen molar-refractivity contribution < 1.29 is 9.90 Å². The summed E-state index contributed by atoms with van der Waals surface area (Å²) in [5.74, 6) is -0.0542.